The molecule has 2 aromatic carbocycles. The molecule has 7 heteroatoms. The summed E-state index contributed by atoms with van der Waals surface area (Å²) in [5.74, 6) is -0.0769. The Morgan fingerprint density at radius 1 is 1.03 bits per heavy atom. The number of piperazine rings is 1. The monoisotopic (exact) mass is 404 g/mol. The maximum Gasteiger partial charge on any atom is 0.254 e. The molecule has 1 aliphatic heterocycles. The third kappa shape index (κ3) is 3.54. The summed E-state index contributed by atoms with van der Waals surface area (Å²) in [6, 6.07) is 17.0. The number of para-hydroxylation sites is 2. The van der Waals surface area contributed by atoms with Crippen molar-refractivity contribution in [2.45, 2.75) is 6.54 Å². The average Bonchev–Trinajstić information content (AvgIpc) is 3.15. The molecule has 5 rings (SSSR count). The molecule has 0 atom stereocenters. The zero-order chi connectivity index (χ0) is 19.8. The zero-order valence-electron chi connectivity index (χ0n) is 15.8. The zero-order valence-corrected chi connectivity index (χ0v) is 16.6. The highest BCUT2D eigenvalue weighted by atomic mass is 32.1. The summed E-state index contributed by atoms with van der Waals surface area (Å²) in [5, 5.41) is 1.89. The molecule has 29 heavy (non-hydrogen) atoms. The number of carbonyl (C=O) groups excluding carboxylic acids is 1. The van der Waals surface area contributed by atoms with E-state index in [9.17, 15) is 9.59 Å². The van der Waals surface area contributed by atoms with Crippen molar-refractivity contribution in [2.24, 2.45) is 0 Å². The predicted molar refractivity (Wildman–Crippen MR) is 115 cm³/mol. The quantitative estimate of drug-likeness (QED) is 0.570. The van der Waals surface area contributed by atoms with E-state index in [1.165, 1.54) is 10.8 Å². The third-order valence-corrected chi connectivity index (χ3v) is 6.36. The highest BCUT2D eigenvalue weighted by molar-refractivity contribution is 7.18. The Morgan fingerprint density at radius 3 is 2.62 bits per heavy atom. The van der Waals surface area contributed by atoms with Gasteiger partial charge in [0.25, 0.3) is 5.91 Å². The second-order valence-corrected chi connectivity index (χ2v) is 8.35. The summed E-state index contributed by atoms with van der Waals surface area (Å²) in [7, 11) is 0. The van der Waals surface area contributed by atoms with Crippen molar-refractivity contribution in [3.05, 3.63) is 75.5 Å². The van der Waals surface area contributed by atoms with E-state index in [0.29, 0.717) is 24.2 Å². The van der Waals surface area contributed by atoms with E-state index in [1.807, 2.05) is 47.4 Å². The number of hydrogen-bond acceptors (Lipinski definition) is 5. The number of thiazole rings is 1. The van der Waals surface area contributed by atoms with E-state index in [-0.39, 0.29) is 11.5 Å². The lowest BCUT2D eigenvalue weighted by molar-refractivity contribution is 0.0630. The topological polar surface area (TPSA) is 69.3 Å². The van der Waals surface area contributed by atoms with Gasteiger partial charge in [-0.15, -0.1) is 11.3 Å². The molecule has 1 amide bonds. The van der Waals surface area contributed by atoms with Crippen LogP contribution >= 0.6 is 11.3 Å². The van der Waals surface area contributed by atoms with Gasteiger partial charge >= 0.3 is 0 Å². The number of carbonyl (C=O) groups is 1. The summed E-state index contributed by atoms with van der Waals surface area (Å²) in [6.45, 7) is 3.68. The number of nitrogens with zero attached hydrogens (tertiary/aromatic N) is 3. The Balaban J connectivity index is 1.29. The SMILES string of the molecule is O=C(c1cc(=O)[nH]c2ccccc12)N1CCN(Cc2nc3ccccc3s2)CC1. The fourth-order valence-electron chi connectivity index (χ4n) is 3.84. The number of aromatic amines is 1. The lowest BCUT2D eigenvalue weighted by Crippen LogP contribution is -2.48. The van der Waals surface area contributed by atoms with Gasteiger partial charge in [0.1, 0.15) is 5.01 Å². The molecule has 2 aromatic heterocycles. The average molecular weight is 404 g/mol. The van der Waals surface area contributed by atoms with Crippen LogP contribution in [0.3, 0.4) is 0 Å². The first-order chi connectivity index (χ1) is 14.2. The number of aromatic nitrogens is 2. The summed E-state index contributed by atoms with van der Waals surface area (Å²) in [4.78, 5) is 36.8. The maximum atomic E-state index is 13.1. The molecule has 0 unspecified atom stereocenters. The van der Waals surface area contributed by atoms with Gasteiger partial charge in [-0.3, -0.25) is 14.5 Å². The molecular weight excluding hydrogens is 384 g/mol. The van der Waals surface area contributed by atoms with Crippen LogP contribution in [-0.2, 0) is 6.54 Å². The molecule has 1 N–H and O–H groups in total. The second kappa shape index (κ2) is 7.42. The van der Waals surface area contributed by atoms with Crippen LogP contribution in [0.15, 0.2) is 59.4 Å². The van der Waals surface area contributed by atoms with Crippen LogP contribution in [0.4, 0.5) is 0 Å². The molecule has 0 spiro atoms. The number of fused-ring (bicyclic) bond motifs is 2. The first-order valence-electron chi connectivity index (χ1n) is 9.65. The molecule has 0 aliphatic carbocycles. The molecule has 146 valence electrons. The van der Waals surface area contributed by atoms with E-state index < -0.39 is 0 Å². The van der Waals surface area contributed by atoms with Crippen LogP contribution in [0.2, 0.25) is 0 Å². The van der Waals surface area contributed by atoms with Crippen molar-refractivity contribution in [3.63, 3.8) is 0 Å². The van der Waals surface area contributed by atoms with Gasteiger partial charge in [-0.2, -0.15) is 0 Å². The lowest BCUT2D eigenvalue weighted by Gasteiger charge is -2.34. The minimum atomic E-state index is -0.249. The van der Waals surface area contributed by atoms with E-state index in [0.717, 1.165) is 35.5 Å². The first kappa shape index (κ1) is 18.0. The van der Waals surface area contributed by atoms with E-state index in [2.05, 4.69) is 16.0 Å². The Labute approximate surface area is 171 Å². The summed E-state index contributed by atoms with van der Waals surface area (Å²) in [5.41, 5.74) is 1.96. The lowest BCUT2D eigenvalue weighted by atomic mass is 10.1. The molecular formula is C22H20N4O2S. The number of H-pyrrole nitrogens is 1. The molecule has 0 radical (unpaired) electrons. The smallest absolute Gasteiger partial charge is 0.254 e. The molecule has 3 heterocycles. The standard InChI is InChI=1S/C22H20N4O2S/c27-20-13-16(15-5-1-2-6-17(15)23-20)22(28)26-11-9-25(10-12-26)14-21-24-18-7-3-4-8-19(18)29-21/h1-8,13H,9-12,14H2,(H,23,27). The minimum Gasteiger partial charge on any atom is -0.336 e. The van der Waals surface area contributed by atoms with Gasteiger partial charge in [-0.1, -0.05) is 30.3 Å². The number of benzene rings is 2. The second-order valence-electron chi connectivity index (χ2n) is 7.24. The van der Waals surface area contributed by atoms with Gasteiger partial charge in [0.05, 0.1) is 22.3 Å². The number of pyridine rings is 1. The van der Waals surface area contributed by atoms with Crippen LogP contribution in [0.1, 0.15) is 15.4 Å². The van der Waals surface area contributed by atoms with Gasteiger partial charge in [0.15, 0.2) is 0 Å². The largest absolute Gasteiger partial charge is 0.336 e. The molecule has 1 saturated heterocycles. The van der Waals surface area contributed by atoms with Crippen molar-refractivity contribution in [1.29, 1.82) is 0 Å². The molecule has 6 nitrogen and oxygen atoms in total. The van der Waals surface area contributed by atoms with Crippen LogP contribution in [0.25, 0.3) is 21.1 Å². The summed E-state index contributed by atoms with van der Waals surface area (Å²) < 4.78 is 1.21. The van der Waals surface area contributed by atoms with Crippen molar-refractivity contribution in [1.82, 2.24) is 19.8 Å². The van der Waals surface area contributed by atoms with Gasteiger partial charge < -0.3 is 9.88 Å². The van der Waals surface area contributed by atoms with Crippen molar-refractivity contribution in [3.8, 4) is 0 Å². The molecule has 1 aliphatic rings. The van der Waals surface area contributed by atoms with E-state index >= 15 is 0 Å². The molecule has 4 aromatic rings. The fourth-order valence-corrected chi connectivity index (χ4v) is 4.85. The summed E-state index contributed by atoms with van der Waals surface area (Å²) >= 11 is 1.73. The Morgan fingerprint density at radius 2 is 1.79 bits per heavy atom. The Kier molecular flexibility index (Phi) is 4.61. The number of nitrogens with one attached hydrogen (secondary N) is 1. The fraction of sp³-hybridized carbons (Fsp3) is 0.227. The van der Waals surface area contributed by atoms with Crippen LogP contribution in [-0.4, -0.2) is 51.9 Å². The normalized spacial score (nSPS) is 15.2. The Bertz CT molecular complexity index is 1220. The van der Waals surface area contributed by atoms with Crippen LogP contribution in [0, 0.1) is 0 Å². The van der Waals surface area contributed by atoms with Gasteiger partial charge in [0.2, 0.25) is 5.56 Å². The molecule has 1 fully saturated rings. The molecule has 0 bridgehead atoms. The third-order valence-electron chi connectivity index (χ3n) is 5.34. The maximum absolute atomic E-state index is 13.1. The van der Waals surface area contributed by atoms with Gasteiger partial charge in [-0.05, 0) is 18.2 Å². The van der Waals surface area contributed by atoms with Crippen LogP contribution in [0.5, 0.6) is 0 Å². The highest BCUT2D eigenvalue weighted by Gasteiger charge is 2.24. The van der Waals surface area contributed by atoms with E-state index in [4.69, 9.17) is 4.98 Å². The number of hydrogen-bond donors (Lipinski definition) is 1. The van der Waals surface area contributed by atoms with Crippen molar-refractivity contribution < 1.29 is 4.79 Å². The Hall–Kier alpha value is -3.03. The molecule has 0 saturated carbocycles. The predicted octanol–water partition coefficient (Wildman–Crippen LogP) is 3.10. The highest BCUT2D eigenvalue weighted by Crippen LogP contribution is 2.23. The van der Waals surface area contributed by atoms with Crippen molar-refractivity contribution >= 4 is 38.4 Å². The number of amides is 1. The van der Waals surface area contributed by atoms with Crippen LogP contribution < -0.4 is 5.56 Å². The minimum absolute atomic E-state index is 0.0769. The van der Waals surface area contributed by atoms with Gasteiger partial charge in [-0.25, -0.2) is 4.98 Å². The van der Waals surface area contributed by atoms with Gasteiger partial charge in [0, 0.05) is 43.1 Å². The number of rotatable bonds is 3. The van der Waals surface area contributed by atoms with E-state index in [1.54, 1.807) is 11.3 Å². The summed E-state index contributed by atoms with van der Waals surface area (Å²) in [6.07, 6.45) is 0. The van der Waals surface area contributed by atoms with Crippen molar-refractivity contribution in [2.75, 3.05) is 26.2 Å². The first-order valence-corrected chi connectivity index (χ1v) is 10.5.